The van der Waals surface area contributed by atoms with E-state index in [-0.39, 0.29) is 0 Å². The lowest BCUT2D eigenvalue weighted by molar-refractivity contribution is 0.145. The van der Waals surface area contributed by atoms with Crippen LogP contribution in [0.3, 0.4) is 0 Å². The summed E-state index contributed by atoms with van der Waals surface area (Å²) in [7, 11) is 1.95. The molecule has 0 fully saturated rings. The van der Waals surface area contributed by atoms with Gasteiger partial charge < -0.3 is 19.9 Å². The highest BCUT2D eigenvalue weighted by atomic mass is 32.1. The molecule has 0 aromatic carbocycles. The molecule has 0 aliphatic heterocycles. The molecule has 0 aliphatic rings. The van der Waals surface area contributed by atoms with Crippen LogP contribution in [0.2, 0.25) is 0 Å². The number of guanidine groups is 1. The number of rotatable bonds is 10. The van der Waals surface area contributed by atoms with Crippen LogP contribution in [0.4, 0.5) is 0 Å². The van der Waals surface area contributed by atoms with Crippen molar-refractivity contribution < 1.29 is 4.74 Å². The Morgan fingerprint density at radius 1 is 1.27 bits per heavy atom. The maximum absolute atomic E-state index is 5.38. The third-order valence-corrected chi connectivity index (χ3v) is 4.69. The molecule has 26 heavy (non-hydrogen) atoms. The highest BCUT2D eigenvalue weighted by Crippen LogP contribution is 2.07. The van der Waals surface area contributed by atoms with Crippen molar-refractivity contribution in [3.05, 3.63) is 27.7 Å². The number of nitrogens with zero attached hydrogens (tertiary/aromatic N) is 5. The molecule has 8 nitrogen and oxygen atoms in total. The molecule has 0 spiro atoms. The summed E-state index contributed by atoms with van der Waals surface area (Å²) in [6.07, 6.45) is 1.80. The second-order valence-corrected chi connectivity index (χ2v) is 6.96. The first-order chi connectivity index (χ1) is 12.6. The van der Waals surface area contributed by atoms with Gasteiger partial charge in [0.1, 0.15) is 12.4 Å². The first kappa shape index (κ1) is 20.3. The molecule has 0 saturated heterocycles. The van der Waals surface area contributed by atoms with Gasteiger partial charge in [0.25, 0.3) is 0 Å². The van der Waals surface area contributed by atoms with E-state index in [0.717, 1.165) is 67.5 Å². The quantitative estimate of drug-likeness (QED) is 0.370. The van der Waals surface area contributed by atoms with Gasteiger partial charge in [-0.3, -0.25) is 0 Å². The monoisotopic (exact) mass is 379 g/mol. The molecule has 0 atom stereocenters. The highest BCUT2D eigenvalue weighted by Gasteiger charge is 2.06. The maximum atomic E-state index is 5.38. The van der Waals surface area contributed by atoms with Gasteiger partial charge in [-0.1, -0.05) is 0 Å². The molecule has 0 radical (unpaired) electrons. The van der Waals surface area contributed by atoms with Crippen LogP contribution in [0.25, 0.3) is 0 Å². The minimum absolute atomic E-state index is 0.480. The topological polar surface area (TPSA) is 89.2 Å². The fraction of sp³-hybridized carbons (Fsp3) is 0.647. The zero-order valence-electron chi connectivity index (χ0n) is 16.1. The number of ether oxygens (including phenoxy) is 1. The van der Waals surface area contributed by atoms with Crippen LogP contribution in [0, 0.1) is 13.8 Å². The lowest BCUT2D eigenvalue weighted by Crippen LogP contribution is -2.39. The molecule has 9 heteroatoms. The summed E-state index contributed by atoms with van der Waals surface area (Å²) in [5.41, 5.74) is 1.11. The van der Waals surface area contributed by atoms with Gasteiger partial charge in [-0.25, -0.2) is 9.98 Å². The van der Waals surface area contributed by atoms with Gasteiger partial charge in [-0.05, 0) is 27.2 Å². The number of aliphatic imine (C=N–C) groups is 1. The average molecular weight is 380 g/mol. The molecule has 2 heterocycles. The first-order valence-corrected chi connectivity index (χ1v) is 9.84. The van der Waals surface area contributed by atoms with Crippen molar-refractivity contribution in [1.82, 2.24) is 30.4 Å². The minimum atomic E-state index is 0.480. The van der Waals surface area contributed by atoms with Gasteiger partial charge >= 0.3 is 0 Å². The van der Waals surface area contributed by atoms with E-state index in [1.165, 1.54) is 0 Å². The van der Waals surface area contributed by atoms with Gasteiger partial charge in [0.2, 0.25) is 0 Å². The number of aryl methyl sites for hydroxylation is 2. The highest BCUT2D eigenvalue weighted by molar-refractivity contribution is 7.09. The van der Waals surface area contributed by atoms with Crippen molar-refractivity contribution in [3.8, 4) is 0 Å². The summed E-state index contributed by atoms with van der Waals surface area (Å²) in [6, 6.07) is 0. The van der Waals surface area contributed by atoms with Crippen molar-refractivity contribution in [2.45, 2.75) is 40.2 Å². The Balaban J connectivity index is 1.86. The van der Waals surface area contributed by atoms with Crippen LogP contribution in [0.15, 0.2) is 10.4 Å². The number of hydrogen-bond donors (Lipinski definition) is 2. The lowest BCUT2D eigenvalue weighted by Gasteiger charge is -2.12. The van der Waals surface area contributed by atoms with Crippen LogP contribution in [-0.4, -0.2) is 52.0 Å². The first-order valence-electron chi connectivity index (χ1n) is 8.96. The number of aromatic nitrogens is 4. The Morgan fingerprint density at radius 3 is 2.73 bits per heavy atom. The zero-order valence-corrected chi connectivity index (χ0v) is 16.9. The largest absolute Gasteiger partial charge is 0.382 e. The van der Waals surface area contributed by atoms with Gasteiger partial charge in [0, 0.05) is 45.2 Å². The molecule has 0 bridgehead atoms. The number of hydrogen-bond acceptors (Lipinski definition) is 6. The van der Waals surface area contributed by atoms with Gasteiger partial charge in [-0.2, -0.15) is 0 Å². The van der Waals surface area contributed by atoms with E-state index < -0.39 is 0 Å². The van der Waals surface area contributed by atoms with Crippen LogP contribution in [0.1, 0.15) is 35.7 Å². The SMILES string of the molecule is CCOCCCNC(=NCc1nnc(C)n1C)NCCc1csc(C)n1. The molecule has 0 saturated carbocycles. The third kappa shape index (κ3) is 6.72. The van der Waals surface area contributed by atoms with E-state index in [1.807, 2.05) is 32.4 Å². The van der Waals surface area contributed by atoms with Crippen LogP contribution >= 0.6 is 11.3 Å². The van der Waals surface area contributed by atoms with Crippen LogP contribution in [-0.2, 0) is 24.8 Å². The van der Waals surface area contributed by atoms with Gasteiger partial charge in [0.05, 0.1) is 10.7 Å². The summed E-state index contributed by atoms with van der Waals surface area (Å²) in [5.74, 6) is 2.50. The van der Waals surface area contributed by atoms with E-state index in [1.54, 1.807) is 11.3 Å². The van der Waals surface area contributed by atoms with Crippen molar-refractivity contribution in [3.63, 3.8) is 0 Å². The van der Waals surface area contributed by atoms with Crippen molar-refractivity contribution in [2.24, 2.45) is 12.0 Å². The molecule has 0 aliphatic carbocycles. The number of nitrogens with one attached hydrogen (secondary N) is 2. The number of thiazole rings is 1. The van der Waals surface area contributed by atoms with Gasteiger partial charge in [0.15, 0.2) is 11.8 Å². The molecule has 2 aromatic rings. The third-order valence-electron chi connectivity index (χ3n) is 3.86. The van der Waals surface area contributed by atoms with Crippen LogP contribution in [0.5, 0.6) is 0 Å². The van der Waals surface area contributed by atoms with Gasteiger partial charge in [-0.15, -0.1) is 21.5 Å². The summed E-state index contributed by atoms with van der Waals surface area (Å²) >= 11 is 1.68. The lowest BCUT2D eigenvalue weighted by atomic mass is 10.3. The molecule has 144 valence electrons. The predicted molar refractivity (Wildman–Crippen MR) is 105 cm³/mol. The second kappa shape index (κ2) is 10.9. The van der Waals surface area contributed by atoms with Crippen LogP contribution < -0.4 is 10.6 Å². The molecule has 2 rings (SSSR count). The van der Waals surface area contributed by atoms with E-state index in [0.29, 0.717) is 6.54 Å². The standard InChI is InChI=1S/C17H29N7OS/c1-5-25-10-6-8-18-17(19-9-7-15-12-26-14(3)21-15)20-11-16-23-22-13(2)24(16)4/h12H,5-11H2,1-4H3,(H2,18,19,20). The van der Waals surface area contributed by atoms with E-state index in [9.17, 15) is 0 Å². The molecule has 2 N–H and O–H groups in total. The Hall–Kier alpha value is -2.00. The summed E-state index contributed by atoms with van der Waals surface area (Å²) in [4.78, 5) is 9.13. The Morgan fingerprint density at radius 2 is 2.08 bits per heavy atom. The molecule has 0 amide bonds. The zero-order chi connectivity index (χ0) is 18.8. The Kier molecular flexibility index (Phi) is 8.49. The normalized spacial score (nSPS) is 11.8. The predicted octanol–water partition coefficient (Wildman–Crippen LogP) is 1.59. The maximum Gasteiger partial charge on any atom is 0.191 e. The summed E-state index contributed by atoms with van der Waals surface area (Å²) in [5, 5.41) is 18.2. The van der Waals surface area contributed by atoms with Crippen molar-refractivity contribution in [2.75, 3.05) is 26.3 Å². The van der Waals surface area contributed by atoms with Crippen molar-refractivity contribution in [1.29, 1.82) is 0 Å². The molecule has 0 unspecified atom stereocenters. The second-order valence-electron chi connectivity index (χ2n) is 5.90. The molecular formula is C17H29N7OS. The average Bonchev–Trinajstić information content (AvgIpc) is 3.18. The fourth-order valence-electron chi connectivity index (χ4n) is 2.27. The van der Waals surface area contributed by atoms with E-state index in [4.69, 9.17) is 4.74 Å². The fourth-order valence-corrected chi connectivity index (χ4v) is 2.92. The van der Waals surface area contributed by atoms with E-state index >= 15 is 0 Å². The van der Waals surface area contributed by atoms with Crippen molar-refractivity contribution >= 4 is 17.3 Å². The summed E-state index contributed by atoms with van der Waals surface area (Å²) < 4.78 is 7.33. The minimum Gasteiger partial charge on any atom is -0.382 e. The van der Waals surface area contributed by atoms with E-state index in [2.05, 4.69) is 36.2 Å². The molecule has 2 aromatic heterocycles. The Labute approximate surface area is 159 Å². The molecular weight excluding hydrogens is 350 g/mol. The Bertz CT molecular complexity index is 695. The smallest absolute Gasteiger partial charge is 0.191 e. The summed E-state index contributed by atoms with van der Waals surface area (Å²) in [6.45, 7) is 9.52.